The van der Waals surface area contributed by atoms with E-state index in [2.05, 4.69) is 235 Å². The van der Waals surface area contributed by atoms with E-state index in [-0.39, 0.29) is 0 Å². The first-order valence-electron chi connectivity index (χ1n) is 20.4. The summed E-state index contributed by atoms with van der Waals surface area (Å²) in [7, 11) is 0.794. The topological polar surface area (TPSA) is 15.3 Å². The first kappa shape index (κ1) is 34.6. The number of benzene rings is 10. The molecular formula is C56H39BN2. The van der Waals surface area contributed by atoms with Gasteiger partial charge in [-0.25, -0.2) is 0 Å². The molecule has 0 amide bonds. The maximum Gasteiger partial charge on any atom is 0.198 e. The molecule has 0 bridgehead atoms. The van der Waals surface area contributed by atoms with Crippen molar-refractivity contribution in [2.75, 3.05) is 10.2 Å². The van der Waals surface area contributed by atoms with Crippen molar-refractivity contribution >= 4 is 68.2 Å². The molecule has 10 aromatic carbocycles. The van der Waals surface area contributed by atoms with Crippen molar-refractivity contribution in [2.45, 2.75) is 0 Å². The number of nitrogens with one attached hydrogen (secondary N) is 1. The van der Waals surface area contributed by atoms with Crippen molar-refractivity contribution in [1.29, 1.82) is 0 Å². The Morgan fingerprint density at radius 2 is 0.881 bits per heavy atom. The van der Waals surface area contributed by atoms with Crippen LogP contribution in [0, 0.1) is 0 Å². The molecule has 0 fully saturated rings. The van der Waals surface area contributed by atoms with Crippen molar-refractivity contribution in [3.8, 4) is 44.5 Å². The minimum Gasteiger partial charge on any atom is -0.355 e. The van der Waals surface area contributed by atoms with Crippen LogP contribution in [0.5, 0.6) is 0 Å². The van der Waals surface area contributed by atoms with Crippen LogP contribution in [0.1, 0.15) is 0 Å². The van der Waals surface area contributed by atoms with E-state index in [0.29, 0.717) is 0 Å². The summed E-state index contributed by atoms with van der Waals surface area (Å²) >= 11 is 0. The van der Waals surface area contributed by atoms with Gasteiger partial charge in [-0.05, 0) is 114 Å². The average Bonchev–Trinajstić information content (AvgIpc) is 3.31. The number of hydrogen-bond donors (Lipinski definition) is 1. The Labute approximate surface area is 345 Å². The highest BCUT2D eigenvalue weighted by Gasteiger charge is 2.30. The smallest absolute Gasteiger partial charge is 0.198 e. The largest absolute Gasteiger partial charge is 0.355 e. The van der Waals surface area contributed by atoms with Gasteiger partial charge in [0.05, 0.1) is 0 Å². The first-order valence-corrected chi connectivity index (χ1v) is 20.4. The lowest BCUT2D eigenvalue weighted by Crippen LogP contribution is -2.41. The van der Waals surface area contributed by atoms with Gasteiger partial charge in [-0.15, -0.1) is 0 Å². The molecule has 11 rings (SSSR count). The second kappa shape index (κ2) is 14.7. The third-order valence-corrected chi connectivity index (χ3v) is 11.8. The Morgan fingerprint density at radius 1 is 0.373 bits per heavy atom. The summed E-state index contributed by atoms with van der Waals surface area (Å²) in [5.74, 6) is 0. The Kier molecular flexibility index (Phi) is 8.63. The van der Waals surface area contributed by atoms with Crippen LogP contribution < -0.4 is 21.1 Å². The Balaban J connectivity index is 1.13. The molecule has 10 aromatic rings. The summed E-state index contributed by atoms with van der Waals surface area (Å²) in [5.41, 5.74) is 18.0. The van der Waals surface area contributed by atoms with Crippen LogP contribution >= 0.6 is 0 Å². The average molecular weight is 751 g/mol. The molecule has 0 radical (unpaired) electrons. The first-order chi connectivity index (χ1) is 29.2. The number of anilines is 5. The molecule has 1 N–H and O–H groups in total. The van der Waals surface area contributed by atoms with Crippen molar-refractivity contribution in [3.63, 3.8) is 0 Å². The molecule has 3 heteroatoms. The highest BCUT2D eigenvalue weighted by molar-refractivity contribution is 6.74. The molecule has 1 heterocycles. The van der Waals surface area contributed by atoms with Gasteiger partial charge < -0.3 is 10.2 Å². The van der Waals surface area contributed by atoms with Gasteiger partial charge in [0.15, 0.2) is 7.28 Å². The quantitative estimate of drug-likeness (QED) is 0.163. The standard InChI is InChI=1S/C56H39BN2/c1-4-14-38(15-5-1)41-24-29-47(30-25-41)58-52-36-44-21-11-10-20-43(44)34-50(52)55-49-23-13-12-22-46(49)37-54-56(55)57-51-35-45(40-18-8-3-9-19-40)28-33-53(51)59(54)48-31-26-42(27-32-48)39-16-6-2-7-17-39/h1-37,57-58H. The van der Waals surface area contributed by atoms with Crippen molar-refractivity contribution < 1.29 is 0 Å². The fourth-order valence-corrected chi connectivity index (χ4v) is 8.93. The Bertz CT molecular complexity index is 3120. The van der Waals surface area contributed by atoms with Gasteiger partial charge in [-0.2, -0.15) is 0 Å². The van der Waals surface area contributed by atoms with Crippen LogP contribution in [0.3, 0.4) is 0 Å². The molecule has 0 saturated carbocycles. The monoisotopic (exact) mass is 750 g/mol. The summed E-state index contributed by atoms with van der Waals surface area (Å²) < 4.78 is 0. The van der Waals surface area contributed by atoms with Gasteiger partial charge in [0.1, 0.15) is 0 Å². The van der Waals surface area contributed by atoms with E-state index in [9.17, 15) is 0 Å². The molecule has 0 atom stereocenters. The fraction of sp³-hybridized carbons (Fsp3) is 0. The summed E-state index contributed by atoms with van der Waals surface area (Å²) in [4.78, 5) is 2.49. The molecule has 0 spiro atoms. The van der Waals surface area contributed by atoms with Gasteiger partial charge in [-0.3, -0.25) is 0 Å². The second-order valence-electron chi connectivity index (χ2n) is 15.4. The number of rotatable bonds is 7. The zero-order chi connectivity index (χ0) is 39.1. The van der Waals surface area contributed by atoms with Crippen LogP contribution in [0.4, 0.5) is 28.4 Å². The molecule has 2 nitrogen and oxygen atoms in total. The predicted octanol–water partition coefficient (Wildman–Crippen LogP) is 13.6. The normalized spacial score (nSPS) is 11.8. The molecule has 59 heavy (non-hydrogen) atoms. The zero-order valence-corrected chi connectivity index (χ0v) is 32.5. The molecule has 0 saturated heterocycles. The molecule has 0 unspecified atom stereocenters. The molecule has 1 aliphatic rings. The van der Waals surface area contributed by atoms with E-state index in [4.69, 9.17) is 0 Å². The summed E-state index contributed by atoms with van der Waals surface area (Å²) in [6.45, 7) is 0. The highest BCUT2D eigenvalue weighted by atomic mass is 15.1. The van der Waals surface area contributed by atoms with E-state index in [1.54, 1.807) is 0 Å². The van der Waals surface area contributed by atoms with Crippen LogP contribution in [0.2, 0.25) is 0 Å². The molecule has 0 aliphatic carbocycles. The van der Waals surface area contributed by atoms with Crippen molar-refractivity contribution in [3.05, 3.63) is 224 Å². The van der Waals surface area contributed by atoms with Crippen molar-refractivity contribution in [2.24, 2.45) is 0 Å². The van der Waals surface area contributed by atoms with Crippen LogP contribution in [-0.2, 0) is 0 Å². The highest BCUT2D eigenvalue weighted by Crippen LogP contribution is 2.44. The molecule has 1 aliphatic heterocycles. The lowest BCUT2D eigenvalue weighted by molar-refractivity contribution is 1.30. The van der Waals surface area contributed by atoms with Gasteiger partial charge in [0, 0.05) is 34.0 Å². The minimum absolute atomic E-state index is 0.794. The van der Waals surface area contributed by atoms with E-state index < -0.39 is 0 Å². The Morgan fingerprint density at radius 3 is 1.53 bits per heavy atom. The van der Waals surface area contributed by atoms with Gasteiger partial charge in [-0.1, -0.05) is 181 Å². The van der Waals surface area contributed by atoms with E-state index in [1.165, 1.54) is 88.4 Å². The lowest BCUT2D eigenvalue weighted by Gasteiger charge is -2.36. The lowest BCUT2D eigenvalue weighted by atomic mass is 9.57. The van der Waals surface area contributed by atoms with Gasteiger partial charge in [0.25, 0.3) is 0 Å². The summed E-state index contributed by atoms with van der Waals surface area (Å²) in [6.07, 6.45) is 0. The SMILES string of the molecule is B1c2cc(-c3ccccc3)ccc2N(c2ccc(-c3ccccc3)cc2)c2cc3ccccc3c(-c3cc4ccccc4cc3Nc3ccc(-c4ccccc4)cc3)c21. The van der Waals surface area contributed by atoms with Gasteiger partial charge >= 0.3 is 0 Å². The number of fused-ring (bicyclic) bond motifs is 4. The number of hydrogen-bond acceptors (Lipinski definition) is 2. The van der Waals surface area contributed by atoms with Crippen LogP contribution in [-0.4, -0.2) is 7.28 Å². The van der Waals surface area contributed by atoms with E-state index in [1.807, 2.05) is 0 Å². The van der Waals surface area contributed by atoms with E-state index in [0.717, 1.165) is 24.3 Å². The predicted molar refractivity (Wildman–Crippen MR) is 254 cm³/mol. The fourth-order valence-electron chi connectivity index (χ4n) is 8.93. The summed E-state index contributed by atoms with van der Waals surface area (Å²) in [6, 6.07) is 81.6. The summed E-state index contributed by atoms with van der Waals surface area (Å²) in [5, 5.41) is 8.78. The maximum atomic E-state index is 3.91. The van der Waals surface area contributed by atoms with Crippen LogP contribution in [0.15, 0.2) is 224 Å². The zero-order valence-electron chi connectivity index (χ0n) is 32.5. The minimum atomic E-state index is 0.794. The second-order valence-corrected chi connectivity index (χ2v) is 15.4. The Hall–Kier alpha value is -7.62. The molecule has 0 aromatic heterocycles. The van der Waals surface area contributed by atoms with Gasteiger partial charge in [0.2, 0.25) is 0 Å². The maximum absolute atomic E-state index is 3.91. The molecule has 276 valence electrons. The van der Waals surface area contributed by atoms with E-state index >= 15 is 0 Å². The number of nitrogens with zero attached hydrogens (tertiary/aromatic N) is 1. The third-order valence-electron chi connectivity index (χ3n) is 11.8. The molecular weight excluding hydrogens is 711 g/mol. The van der Waals surface area contributed by atoms with Crippen molar-refractivity contribution in [1.82, 2.24) is 0 Å². The van der Waals surface area contributed by atoms with Crippen LogP contribution in [0.25, 0.3) is 66.1 Å². The third kappa shape index (κ3) is 6.44.